The minimum atomic E-state index is -0.826. The molecule has 3 heterocycles. The van der Waals surface area contributed by atoms with E-state index < -0.39 is 11.6 Å². The van der Waals surface area contributed by atoms with Crippen LogP contribution in [0.2, 0.25) is 0 Å². The summed E-state index contributed by atoms with van der Waals surface area (Å²) in [7, 11) is 0. The van der Waals surface area contributed by atoms with Gasteiger partial charge >= 0.3 is 0 Å². The van der Waals surface area contributed by atoms with Gasteiger partial charge in [0, 0.05) is 42.5 Å². The van der Waals surface area contributed by atoms with Gasteiger partial charge in [-0.1, -0.05) is 30.3 Å². The molecule has 0 saturated carbocycles. The maximum atomic E-state index is 14.2. The Morgan fingerprint density at radius 2 is 1.84 bits per heavy atom. The largest absolute Gasteiger partial charge is 0.337 e. The number of carbonyl (C=O) groups is 1. The number of carbonyl (C=O) groups excluding carboxylic acids is 1. The number of halogens is 2. The summed E-state index contributed by atoms with van der Waals surface area (Å²) in [6, 6.07) is 11.3. The number of nitrogens with zero attached hydrogens (tertiary/aromatic N) is 3. The second kappa shape index (κ2) is 8.09. The van der Waals surface area contributed by atoms with Crippen molar-refractivity contribution in [3.05, 3.63) is 75.7 Å². The molecule has 1 unspecified atom stereocenters. The molecule has 2 aliphatic rings. The molecule has 8 heteroatoms. The third kappa shape index (κ3) is 3.68. The molecule has 3 aromatic rings. The van der Waals surface area contributed by atoms with E-state index in [-0.39, 0.29) is 22.6 Å². The third-order valence-electron chi connectivity index (χ3n) is 6.79. The Bertz CT molecular complexity index is 1240. The minimum absolute atomic E-state index is 0.0737. The maximum absolute atomic E-state index is 14.2. The summed E-state index contributed by atoms with van der Waals surface area (Å²) in [6.07, 6.45) is 2.78. The average Bonchev–Trinajstić information content (AvgIpc) is 3.20. The second-order valence-corrected chi connectivity index (χ2v) is 8.95. The lowest BCUT2D eigenvalue weighted by Gasteiger charge is -2.40. The predicted octanol–water partition coefficient (Wildman–Crippen LogP) is 3.33. The molecule has 1 amide bonds. The fourth-order valence-corrected chi connectivity index (χ4v) is 5.23. The van der Waals surface area contributed by atoms with Crippen molar-refractivity contribution in [1.82, 2.24) is 20.0 Å². The zero-order valence-corrected chi connectivity index (χ0v) is 17.6. The van der Waals surface area contributed by atoms with E-state index in [1.54, 1.807) is 35.2 Å². The van der Waals surface area contributed by atoms with Crippen LogP contribution in [-0.2, 0) is 6.54 Å². The number of nitrogens with one attached hydrogen (secondary N) is 1. The summed E-state index contributed by atoms with van der Waals surface area (Å²) in [5.74, 6) is -1.80. The van der Waals surface area contributed by atoms with Crippen molar-refractivity contribution in [2.24, 2.45) is 5.41 Å². The molecule has 0 radical (unpaired) electrons. The Hall–Kier alpha value is -3.13. The molecule has 0 aliphatic carbocycles. The molecule has 1 atom stereocenters. The van der Waals surface area contributed by atoms with E-state index in [0.29, 0.717) is 36.0 Å². The molecule has 2 aromatic carbocycles. The SMILES string of the molecule is O=C(c1n[nH]c(=O)c2ccccc12)N1CCC2(CCCN(Cc3cccc(F)c3F)C2)C1. The van der Waals surface area contributed by atoms with Gasteiger partial charge in [0.2, 0.25) is 0 Å². The number of hydrogen-bond donors (Lipinski definition) is 1. The van der Waals surface area contributed by atoms with Crippen molar-refractivity contribution < 1.29 is 13.6 Å². The molecule has 1 N–H and O–H groups in total. The first-order valence-corrected chi connectivity index (χ1v) is 10.9. The Balaban J connectivity index is 1.33. The average molecular weight is 438 g/mol. The monoisotopic (exact) mass is 438 g/mol. The molecule has 1 spiro atoms. The predicted molar refractivity (Wildman–Crippen MR) is 116 cm³/mol. The van der Waals surface area contributed by atoms with Crippen LogP contribution in [0.5, 0.6) is 0 Å². The topological polar surface area (TPSA) is 69.3 Å². The van der Waals surface area contributed by atoms with Crippen LogP contribution in [-0.4, -0.2) is 52.1 Å². The molecular weight excluding hydrogens is 414 g/mol. The highest BCUT2D eigenvalue weighted by molar-refractivity contribution is 6.04. The summed E-state index contributed by atoms with van der Waals surface area (Å²) >= 11 is 0. The number of aromatic nitrogens is 2. The van der Waals surface area contributed by atoms with Crippen LogP contribution < -0.4 is 5.56 Å². The Labute approximate surface area is 183 Å². The molecule has 2 fully saturated rings. The van der Waals surface area contributed by atoms with Crippen LogP contribution in [0.3, 0.4) is 0 Å². The minimum Gasteiger partial charge on any atom is -0.337 e. The lowest BCUT2D eigenvalue weighted by molar-refractivity contribution is 0.0669. The molecule has 0 bridgehead atoms. The molecule has 166 valence electrons. The van der Waals surface area contributed by atoms with Gasteiger partial charge in [-0.05, 0) is 37.9 Å². The van der Waals surface area contributed by atoms with Crippen LogP contribution in [0.1, 0.15) is 35.3 Å². The number of rotatable bonds is 3. The Kier molecular flexibility index (Phi) is 5.25. The fourth-order valence-electron chi connectivity index (χ4n) is 5.23. The van der Waals surface area contributed by atoms with E-state index >= 15 is 0 Å². The number of amides is 1. The molecular formula is C24H24F2N4O2. The standard InChI is InChI=1S/C24H24F2N4O2/c25-19-8-3-5-16(20(19)26)13-29-11-4-9-24(14-29)10-12-30(15-24)23(32)21-17-6-1-2-7-18(17)22(31)28-27-21/h1-3,5-8H,4,9-15H2,(H,28,31). The number of aromatic amines is 1. The third-order valence-corrected chi connectivity index (χ3v) is 6.79. The van der Waals surface area contributed by atoms with E-state index in [1.807, 2.05) is 0 Å². The summed E-state index contributed by atoms with van der Waals surface area (Å²) in [4.78, 5) is 29.3. The van der Waals surface area contributed by atoms with Crippen molar-refractivity contribution in [3.8, 4) is 0 Å². The van der Waals surface area contributed by atoms with Gasteiger partial charge in [0.15, 0.2) is 17.3 Å². The zero-order chi connectivity index (χ0) is 22.3. The van der Waals surface area contributed by atoms with Crippen LogP contribution in [0.15, 0.2) is 47.3 Å². The van der Waals surface area contributed by atoms with Gasteiger partial charge in [-0.15, -0.1) is 0 Å². The summed E-state index contributed by atoms with van der Waals surface area (Å²) in [6.45, 7) is 3.09. The van der Waals surface area contributed by atoms with E-state index in [9.17, 15) is 18.4 Å². The van der Waals surface area contributed by atoms with Gasteiger partial charge < -0.3 is 4.90 Å². The molecule has 1 aromatic heterocycles. The van der Waals surface area contributed by atoms with Crippen molar-refractivity contribution >= 4 is 16.7 Å². The highest BCUT2D eigenvalue weighted by atomic mass is 19.2. The second-order valence-electron chi connectivity index (χ2n) is 8.95. The molecule has 6 nitrogen and oxygen atoms in total. The first kappa shape index (κ1) is 20.8. The number of hydrogen-bond acceptors (Lipinski definition) is 4. The first-order valence-electron chi connectivity index (χ1n) is 10.9. The highest BCUT2D eigenvalue weighted by Crippen LogP contribution is 2.40. The van der Waals surface area contributed by atoms with Crippen LogP contribution in [0.4, 0.5) is 8.78 Å². The lowest BCUT2D eigenvalue weighted by Crippen LogP contribution is -2.45. The number of piperidine rings is 1. The first-order chi connectivity index (χ1) is 15.5. The Morgan fingerprint density at radius 1 is 1.03 bits per heavy atom. The van der Waals surface area contributed by atoms with Gasteiger partial charge in [0.05, 0.1) is 5.39 Å². The Morgan fingerprint density at radius 3 is 2.69 bits per heavy atom. The summed E-state index contributed by atoms with van der Waals surface area (Å²) in [5, 5.41) is 7.49. The van der Waals surface area contributed by atoms with Gasteiger partial charge in [-0.25, -0.2) is 13.9 Å². The quantitative estimate of drug-likeness (QED) is 0.681. The van der Waals surface area contributed by atoms with E-state index in [2.05, 4.69) is 15.1 Å². The zero-order valence-electron chi connectivity index (χ0n) is 17.6. The molecule has 5 rings (SSSR count). The molecule has 2 saturated heterocycles. The van der Waals surface area contributed by atoms with Crippen LogP contribution in [0.25, 0.3) is 10.8 Å². The van der Waals surface area contributed by atoms with Crippen molar-refractivity contribution in [2.75, 3.05) is 26.2 Å². The highest BCUT2D eigenvalue weighted by Gasteiger charge is 2.43. The number of fused-ring (bicyclic) bond motifs is 1. The van der Waals surface area contributed by atoms with Crippen molar-refractivity contribution in [2.45, 2.75) is 25.8 Å². The van der Waals surface area contributed by atoms with Gasteiger partial charge in [-0.2, -0.15) is 5.10 Å². The summed E-state index contributed by atoms with van der Waals surface area (Å²) in [5.41, 5.74) is 0.224. The normalized spacial score (nSPS) is 21.5. The number of H-pyrrole nitrogens is 1. The lowest BCUT2D eigenvalue weighted by atomic mass is 9.79. The van der Waals surface area contributed by atoms with Crippen LogP contribution in [0, 0.1) is 17.0 Å². The van der Waals surface area contributed by atoms with Gasteiger partial charge in [0.1, 0.15) is 0 Å². The van der Waals surface area contributed by atoms with Crippen LogP contribution >= 0.6 is 0 Å². The van der Waals surface area contributed by atoms with E-state index in [0.717, 1.165) is 38.4 Å². The van der Waals surface area contributed by atoms with Crippen molar-refractivity contribution in [3.63, 3.8) is 0 Å². The van der Waals surface area contributed by atoms with E-state index in [1.165, 1.54) is 6.07 Å². The van der Waals surface area contributed by atoms with Gasteiger partial charge in [-0.3, -0.25) is 14.5 Å². The molecule has 2 aliphatic heterocycles. The smallest absolute Gasteiger partial charge is 0.274 e. The van der Waals surface area contributed by atoms with Gasteiger partial charge in [0.25, 0.3) is 11.5 Å². The maximum Gasteiger partial charge on any atom is 0.274 e. The van der Waals surface area contributed by atoms with Crippen molar-refractivity contribution in [1.29, 1.82) is 0 Å². The summed E-state index contributed by atoms with van der Waals surface area (Å²) < 4.78 is 27.7. The fraction of sp³-hybridized carbons (Fsp3) is 0.375. The molecule has 32 heavy (non-hydrogen) atoms. The number of benzene rings is 2. The number of likely N-dealkylation sites (tertiary alicyclic amines) is 2. The van der Waals surface area contributed by atoms with E-state index in [4.69, 9.17) is 0 Å².